The van der Waals surface area contributed by atoms with Crippen molar-refractivity contribution in [2.24, 2.45) is 23.7 Å². The Morgan fingerprint density at radius 3 is 1.38 bits per heavy atom. The van der Waals surface area contributed by atoms with Gasteiger partial charge in [0.1, 0.15) is 0 Å². The van der Waals surface area contributed by atoms with E-state index in [1.54, 1.807) is 0 Å². The molecule has 2 rings (SSSR count). The van der Waals surface area contributed by atoms with E-state index in [1.165, 1.54) is 31.4 Å². The lowest BCUT2D eigenvalue weighted by molar-refractivity contribution is 0.282. The molecule has 6 heteroatoms. The quantitative estimate of drug-likeness (QED) is 0.599. The van der Waals surface area contributed by atoms with Crippen LogP contribution in [0.3, 0.4) is 0 Å². The molecule has 0 N–H and O–H groups in total. The van der Waals surface area contributed by atoms with Gasteiger partial charge in [-0.15, -0.1) is 0 Å². The highest BCUT2D eigenvalue weighted by Gasteiger charge is 2.45. The Balaban J connectivity index is 1.65. The van der Waals surface area contributed by atoms with Gasteiger partial charge in [0.2, 0.25) is 19.5 Å². The Labute approximate surface area is 138 Å². The molecular formula is C15H32O2Si4. The molecule has 0 aromatic carbocycles. The van der Waals surface area contributed by atoms with Gasteiger partial charge in [0, 0.05) is 0 Å². The van der Waals surface area contributed by atoms with Crippen LogP contribution in [-0.2, 0) is 8.23 Å². The maximum Gasteiger partial charge on any atom is 0.215 e. The second-order valence-corrected chi connectivity index (χ2v) is 20.3. The molecule has 2 aliphatic carbocycles. The van der Waals surface area contributed by atoms with E-state index in [4.69, 9.17) is 8.23 Å². The summed E-state index contributed by atoms with van der Waals surface area (Å²) in [6.07, 6.45) is 4.47. The van der Waals surface area contributed by atoms with Crippen LogP contribution < -0.4 is 0 Å². The van der Waals surface area contributed by atoms with Gasteiger partial charge in [0.05, 0.1) is 0 Å². The van der Waals surface area contributed by atoms with Crippen LogP contribution in [0.4, 0.5) is 0 Å². The van der Waals surface area contributed by atoms with Crippen molar-refractivity contribution < 1.29 is 8.23 Å². The third kappa shape index (κ3) is 6.06. The highest BCUT2D eigenvalue weighted by Crippen LogP contribution is 2.54. The minimum absolute atomic E-state index is 0.757. The predicted molar refractivity (Wildman–Crippen MR) is 97.8 cm³/mol. The molecule has 0 saturated heterocycles. The predicted octanol–water partition coefficient (Wildman–Crippen LogP) is 4.43. The number of hydrogen-bond donors (Lipinski definition) is 0. The molecule has 2 nitrogen and oxygen atoms in total. The monoisotopic (exact) mass is 356 g/mol. The lowest BCUT2D eigenvalue weighted by Crippen LogP contribution is -2.30. The second kappa shape index (κ2) is 7.13. The van der Waals surface area contributed by atoms with Crippen molar-refractivity contribution in [1.29, 1.82) is 0 Å². The van der Waals surface area contributed by atoms with Crippen LogP contribution in [0.15, 0.2) is 0 Å². The molecule has 0 amide bonds. The van der Waals surface area contributed by atoms with Gasteiger partial charge in [-0.2, -0.15) is 0 Å². The highest BCUT2D eigenvalue weighted by molar-refractivity contribution is 6.74. The fourth-order valence-electron chi connectivity index (χ4n) is 3.74. The summed E-state index contributed by atoms with van der Waals surface area (Å²) in [6, 6.07) is 2.68. The third-order valence-corrected chi connectivity index (χ3v) is 12.0. The van der Waals surface area contributed by atoms with Crippen molar-refractivity contribution in [3.05, 3.63) is 0 Å². The van der Waals surface area contributed by atoms with E-state index < -0.39 is 16.6 Å². The van der Waals surface area contributed by atoms with E-state index in [0.29, 0.717) is 0 Å². The SMILES string of the molecule is C[Si](C)(C)O[Si]CC1CC2CC1CC2C[Si]O[Si](C)(C)C. The average molecular weight is 357 g/mol. The van der Waals surface area contributed by atoms with Gasteiger partial charge >= 0.3 is 0 Å². The summed E-state index contributed by atoms with van der Waals surface area (Å²) < 4.78 is 12.2. The van der Waals surface area contributed by atoms with E-state index >= 15 is 0 Å². The average Bonchev–Trinajstić information content (AvgIpc) is 2.85. The first-order valence-electron chi connectivity index (χ1n) is 8.46. The van der Waals surface area contributed by atoms with Crippen LogP contribution in [0.25, 0.3) is 0 Å². The molecule has 2 bridgehead atoms. The Hall–Kier alpha value is 0.788. The third-order valence-electron chi connectivity index (χ3n) is 4.60. The van der Waals surface area contributed by atoms with Crippen molar-refractivity contribution >= 4 is 36.2 Å². The van der Waals surface area contributed by atoms with E-state index in [2.05, 4.69) is 39.3 Å². The van der Waals surface area contributed by atoms with Gasteiger partial charge in [-0.05, 0) is 94.3 Å². The molecule has 0 aromatic rings. The molecule has 0 aromatic heterocycles. The van der Waals surface area contributed by atoms with Crippen molar-refractivity contribution in [1.82, 2.24) is 0 Å². The molecule has 120 valence electrons. The van der Waals surface area contributed by atoms with Gasteiger partial charge in [-0.1, -0.05) is 0 Å². The summed E-state index contributed by atoms with van der Waals surface area (Å²) in [5.74, 6) is 3.97. The summed E-state index contributed by atoms with van der Waals surface area (Å²) in [6.45, 7) is 13.8. The standard InChI is InChI=1S/C15H32O2Si4/c1-20(2,3)16-18-10-14-8-13-7-12(14)9-15(13)11-19-17-21(4,5)6/h12-15H,7-11H2,1-6H3. The molecule has 2 aliphatic rings. The maximum atomic E-state index is 6.08. The number of hydrogen-bond acceptors (Lipinski definition) is 2. The van der Waals surface area contributed by atoms with Crippen molar-refractivity contribution in [3.63, 3.8) is 0 Å². The summed E-state index contributed by atoms with van der Waals surface area (Å²) in [5, 5.41) is 0. The van der Waals surface area contributed by atoms with E-state index in [1.807, 2.05) is 0 Å². The molecule has 2 saturated carbocycles. The summed E-state index contributed by atoms with van der Waals surface area (Å²) in [7, 11) is -1.08. The van der Waals surface area contributed by atoms with Crippen molar-refractivity contribution in [3.8, 4) is 0 Å². The minimum Gasteiger partial charge on any atom is -0.456 e. The topological polar surface area (TPSA) is 18.5 Å². The summed E-state index contributed by atoms with van der Waals surface area (Å²) >= 11 is 0. The molecule has 2 fully saturated rings. The van der Waals surface area contributed by atoms with Crippen molar-refractivity contribution in [2.75, 3.05) is 0 Å². The minimum atomic E-state index is -1.30. The van der Waals surface area contributed by atoms with Crippen LogP contribution in [0.2, 0.25) is 51.4 Å². The maximum absolute atomic E-state index is 6.08. The van der Waals surface area contributed by atoms with Gasteiger partial charge < -0.3 is 8.23 Å². The Morgan fingerprint density at radius 1 is 0.714 bits per heavy atom. The fourth-order valence-corrected chi connectivity index (χ4v) is 9.30. The van der Waals surface area contributed by atoms with Gasteiger partial charge in [-0.25, -0.2) is 0 Å². The van der Waals surface area contributed by atoms with E-state index in [9.17, 15) is 0 Å². The zero-order chi connectivity index (χ0) is 15.7. The Bertz CT molecular complexity index is 306. The first kappa shape index (κ1) is 18.1. The molecular weight excluding hydrogens is 325 g/mol. The Morgan fingerprint density at radius 2 is 1.10 bits per heavy atom. The van der Waals surface area contributed by atoms with Gasteiger partial charge in [0.15, 0.2) is 16.6 Å². The molecule has 4 radical (unpaired) electrons. The fraction of sp³-hybridized carbons (Fsp3) is 1.00. The van der Waals surface area contributed by atoms with Crippen molar-refractivity contribution in [2.45, 2.75) is 70.6 Å². The molecule has 4 atom stereocenters. The zero-order valence-corrected chi connectivity index (χ0v) is 18.7. The highest BCUT2D eigenvalue weighted by atomic mass is 28.4. The first-order valence-corrected chi connectivity index (χ1v) is 17.5. The second-order valence-electron chi connectivity index (χ2n) is 8.87. The molecule has 0 spiro atoms. The lowest BCUT2D eigenvalue weighted by atomic mass is 9.84. The van der Waals surface area contributed by atoms with E-state index in [-0.39, 0.29) is 0 Å². The smallest absolute Gasteiger partial charge is 0.215 e. The number of fused-ring (bicyclic) bond motifs is 2. The zero-order valence-electron chi connectivity index (χ0n) is 14.7. The van der Waals surface area contributed by atoms with Gasteiger partial charge in [-0.3, -0.25) is 0 Å². The summed E-state index contributed by atoms with van der Waals surface area (Å²) in [5.41, 5.74) is 0. The molecule has 21 heavy (non-hydrogen) atoms. The lowest BCUT2D eigenvalue weighted by Gasteiger charge is -2.29. The molecule has 0 aliphatic heterocycles. The van der Waals surface area contributed by atoms with Crippen LogP contribution >= 0.6 is 0 Å². The molecule has 0 heterocycles. The van der Waals surface area contributed by atoms with Crippen LogP contribution in [-0.4, -0.2) is 36.2 Å². The normalized spacial score (nSPS) is 32.9. The summed E-state index contributed by atoms with van der Waals surface area (Å²) in [4.78, 5) is 0. The van der Waals surface area contributed by atoms with Crippen LogP contribution in [0.1, 0.15) is 19.3 Å². The Kier molecular flexibility index (Phi) is 6.16. The van der Waals surface area contributed by atoms with E-state index in [0.717, 1.165) is 43.2 Å². The largest absolute Gasteiger partial charge is 0.456 e. The number of rotatable bonds is 8. The van der Waals surface area contributed by atoms with Gasteiger partial charge in [0.25, 0.3) is 0 Å². The molecule has 4 unspecified atom stereocenters. The first-order chi connectivity index (χ1) is 9.64. The van der Waals surface area contributed by atoms with Crippen LogP contribution in [0.5, 0.6) is 0 Å². The van der Waals surface area contributed by atoms with Crippen LogP contribution in [0, 0.1) is 23.7 Å².